The molecule has 2 aromatic rings. The maximum Gasteiger partial charge on any atom is 0.0493 e. The molecular weight excluding hydrogens is 323 g/mol. The fraction of sp³-hybridized carbons (Fsp3) is 0.478. The second kappa shape index (κ2) is 8.02. The van der Waals surface area contributed by atoms with Crippen molar-refractivity contribution in [1.29, 1.82) is 0 Å². The van der Waals surface area contributed by atoms with Gasteiger partial charge in [-0.1, -0.05) is 58.7 Å². The molecule has 2 aromatic carbocycles. The van der Waals surface area contributed by atoms with Gasteiger partial charge in [0.2, 0.25) is 0 Å². The molecule has 0 aromatic heterocycles. The Morgan fingerprint density at radius 2 is 1.20 bits per heavy atom. The van der Waals surface area contributed by atoms with Crippen LogP contribution in [-0.4, -0.2) is 19.9 Å². The predicted octanol–water partition coefficient (Wildman–Crippen LogP) is 5.03. The van der Waals surface area contributed by atoms with Gasteiger partial charge in [-0.15, -0.1) is 0 Å². The van der Waals surface area contributed by atoms with Gasteiger partial charge in [0.15, 0.2) is 0 Å². The number of methoxy groups -OCH3 is 1. The Morgan fingerprint density at radius 3 is 1.56 bits per heavy atom. The van der Waals surface area contributed by atoms with Gasteiger partial charge in [0.05, 0.1) is 0 Å². The van der Waals surface area contributed by atoms with Gasteiger partial charge in [0.1, 0.15) is 0 Å². The molecule has 1 fully saturated rings. The third kappa shape index (κ3) is 4.52. The average molecular weight is 354 g/mol. The van der Waals surface area contributed by atoms with E-state index in [1.165, 1.54) is 41.3 Å². The molecule has 2 atom stereocenters. The minimum absolute atomic E-state index is 0.303. The van der Waals surface area contributed by atoms with Crippen molar-refractivity contribution in [2.45, 2.75) is 40.5 Å². The van der Waals surface area contributed by atoms with E-state index in [1.807, 2.05) is 7.11 Å². The highest BCUT2D eigenvalue weighted by atomic mass is 31.1. The van der Waals surface area contributed by atoms with Crippen LogP contribution in [0.15, 0.2) is 36.4 Å². The van der Waals surface area contributed by atoms with E-state index in [4.69, 9.17) is 4.74 Å². The molecule has 0 amide bonds. The molecular formula is C23H31OP. The Kier molecular flexibility index (Phi) is 5.97. The minimum Gasteiger partial charge on any atom is -0.384 e. The number of hydrogen-bond donors (Lipinski definition) is 0. The summed E-state index contributed by atoms with van der Waals surface area (Å²) in [4.78, 5) is 0. The quantitative estimate of drug-likeness (QED) is 0.662. The van der Waals surface area contributed by atoms with E-state index in [2.05, 4.69) is 64.1 Å². The van der Waals surface area contributed by atoms with E-state index in [-0.39, 0.29) is 7.92 Å². The van der Waals surface area contributed by atoms with Gasteiger partial charge < -0.3 is 4.74 Å². The molecule has 0 aliphatic heterocycles. The molecule has 1 nitrogen and oxygen atoms in total. The van der Waals surface area contributed by atoms with Crippen molar-refractivity contribution >= 4 is 18.5 Å². The second-order valence-corrected chi connectivity index (χ2v) is 10.1. The summed E-state index contributed by atoms with van der Waals surface area (Å²) < 4.78 is 5.45. The van der Waals surface area contributed by atoms with Gasteiger partial charge in [-0.25, -0.2) is 0 Å². The van der Waals surface area contributed by atoms with Gasteiger partial charge >= 0.3 is 0 Å². The van der Waals surface area contributed by atoms with E-state index in [1.54, 1.807) is 10.6 Å². The second-order valence-electron chi connectivity index (χ2n) is 7.86. The molecule has 2 unspecified atom stereocenters. The maximum absolute atomic E-state index is 5.45. The zero-order chi connectivity index (χ0) is 18.0. The summed E-state index contributed by atoms with van der Waals surface area (Å²) in [6.45, 7) is 9.82. The summed E-state index contributed by atoms with van der Waals surface area (Å²) in [5.41, 5.74) is 5.53. The topological polar surface area (TPSA) is 9.23 Å². The summed E-state index contributed by atoms with van der Waals surface area (Å²) in [6, 6.07) is 14.2. The summed E-state index contributed by atoms with van der Waals surface area (Å²) in [5.74, 6) is 1.57. The molecule has 1 aliphatic rings. The Morgan fingerprint density at radius 1 is 0.760 bits per heavy atom. The highest BCUT2D eigenvalue weighted by molar-refractivity contribution is 7.73. The lowest BCUT2D eigenvalue weighted by molar-refractivity contribution is 0.0705. The van der Waals surface area contributed by atoms with Gasteiger partial charge in [-0.3, -0.25) is 0 Å². The van der Waals surface area contributed by atoms with Gasteiger partial charge in [-0.05, 0) is 77.1 Å². The molecule has 1 aliphatic carbocycles. The molecule has 0 bridgehead atoms. The Bertz CT molecular complexity index is 645. The summed E-state index contributed by atoms with van der Waals surface area (Å²) >= 11 is 0. The van der Waals surface area contributed by atoms with E-state index in [0.29, 0.717) is 0 Å². The van der Waals surface area contributed by atoms with E-state index < -0.39 is 0 Å². The summed E-state index contributed by atoms with van der Waals surface area (Å²) in [6.07, 6.45) is 4.00. The molecule has 0 saturated heterocycles. The first kappa shape index (κ1) is 18.6. The van der Waals surface area contributed by atoms with Crippen LogP contribution >= 0.6 is 7.92 Å². The van der Waals surface area contributed by atoms with Crippen molar-refractivity contribution < 1.29 is 4.74 Å². The van der Waals surface area contributed by atoms with Crippen molar-refractivity contribution in [3.63, 3.8) is 0 Å². The molecule has 0 spiro atoms. The van der Waals surface area contributed by atoms with Crippen molar-refractivity contribution in [2.75, 3.05) is 19.9 Å². The standard InChI is InChI=1S/C23H31OP/c1-16-8-17(2)11-22(10-16)25(15-21-7-6-20(21)14-24-5)23-12-18(3)9-19(4)13-23/h8-13,20-21H,6-7,14-15H2,1-5H3. The lowest BCUT2D eigenvalue weighted by atomic mass is 9.75. The number of ether oxygens (including phenoxy) is 1. The van der Waals surface area contributed by atoms with Gasteiger partial charge in [0.25, 0.3) is 0 Å². The van der Waals surface area contributed by atoms with Crippen LogP contribution in [0, 0.1) is 39.5 Å². The van der Waals surface area contributed by atoms with Crippen LogP contribution in [0.25, 0.3) is 0 Å². The normalized spacial score (nSPS) is 19.9. The summed E-state index contributed by atoms with van der Waals surface area (Å²) in [5, 5.41) is 3.08. The molecule has 0 heterocycles. The average Bonchev–Trinajstić information content (AvgIpc) is 2.50. The lowest BCUT2D eigenvalue weighted by Gasteiger charge is -2.39. The van der Waals surface area contributed by atoms with Crippen molar-refractivity contribution in [3.05, 3.63) is 58.7 Å². The molecule has 25 heavy (non-hydrogen) atoms. The maximum atomic E-state index is 5.45. The minimum atomic E-state index is -0.303. The van der Waals surface area contributed by atoms with Crippen LogP contribution in [-0.2, 0) is 4.74 Å². The predicted molar refractivity (Wildman–Crippen MR) is 111 cm³/mol. The zero-order valence-corrected chi connectivity index (χ0v) is 17.2. The summed E-state index contributed by atoms with van der Waals surface area (Å²) in [7, 11) is 1.54. The van der Waals surface area contributed by atoms with Crippen LogP contribution in [0.1, 0.15) is 35.1 Å². The van der Waals surface area contributed by atoms with Crippen LogP contribution in [0.5, 0.6) is 0 Å². The molecule has 1 saturated carbocycles. The van der Waals surface area contributed by atoms with E-state index in [0.717, 1.165) is 18.4 Å². The number of hydrogen-bond acceptors (Lipinski definition) is 1. The Balaban J connectivity index is 1.96. The molecule has 3 rings (SSSR count). The third-order valence-electron chi connectivity index (χ3n) is 5.41. The SMILES string of the molecule is COCC1CCC1CP(c1cc(C)cc(C)c1)c1cc(C)cc(C)c1. The smallest absolute Gasteiger partial charge is 0.0493 e. The monoisotopic (exact) mass is 354 g/mol. The Hall–Kier alpha value is -1.17. The molecule has 0 radical (unpaired) electrons. The van der Waals surface area contributed by atoms with Crippen LogP contribution < -0.4 is 10.6 Å². The first-order chi connectivity index (χ1) is 12.0. The van der Waals surface area contributed by atoms with Crippen molar-refractivity contribution in [2.24, 2.45) is 11.8 Å². The fourth-order valence-electron chi connectivity index (χ4n) is 4.12. The third-order valence-corrected chi connectivity index (χ3v) is 8.01. The largest absolute Gasteiger partial charge is 0.384 e. The van der Waals surface area contributed by atoms with Crippen molar-refractivity contribution in [1.82, 2.24) is 0 Å². The van der Waals surface area contributed by atoms with Gasteiger partial charge in [0, 0.05) is 13.7 Å². The van der Waals surface area contributed by atoms with E-state index in [9.17, 15) is 0 Å². The number of benzene rings is 2. The molecule has 0 N–H and O–H groups in total. The Labute approximate surface area is 154 Å². The van der Waals surface area contributed by atoms with Crippen molar-refractivity contribution in [3.8, 4) is 0 Å². The number of aryl methyl sites for hydroxylation is 4. The van der Waals surface area contributed by atoms with Crippen LogP contribution in [0.4, 0.5) is 0 Å². The first-order valence-corrected chi connectivity index (χ1v) is 10.9. The first-order valence-electron chi connectivity index (χ1n) is 9.39. The van der Waals surface area contributed by atoms with Crippen LogP contribution in [0.2, 0.25) is 0 Å². The van der Waals surface area contributed by atoms with Gasteiger partial charge in [-0.2, -0.15) is 0 Å². The van der Waals surface area contributed by atoms with E-state index >= 15 is 0 Å². The molecule has 134 valence electrons. The highest BCUT2D eigenvalue weighted by Crippen LogP contribution is 2.45. The lowest BCUT2D eigenvalue weighted by Crippen LogP contribution is -2.34. The zero-order valence-electron chi connectivity index (χ0n) is 16.3. The molecule has 2 heteroatoms. The highest BCUT2D eigenvalue weighted by Gasteiger charge is 2.33. The van der Waals surface area contributed by atoms with Crippen LogP contribution in [0.3, 0.4) is 0 Å². The fourth-order valence-corrected chi connectivity index (χ4v) is 7.23. The number of rotatable bonds is 6.